The van der Waals surface area contributed by atoms with Crippen LogP contribution in [0.15, 0.2) is 85.1 Å². The molecule has 41 nitrogen and oxygen atoms in total. The standard InChI is InChI=1S/C94H145N21O20/c1-54(2)46-67-79(124)80(125)68(47-55(3)4)110-113-92(10,58(8)118)41-27-18-14-12-13-15-20-29-43-94(90(135)108-72(51-76(97)122)88(133)105-70(48-56(5)6)86(131)106-71(50-61-52-101-63-35-26-25-34-62(61)63)87(132)103-65(84(129)104-67)36-31-45-100-91(98)99)44-30-21-17-16-19-28-42-93(11,114-112-73(53-116)82(127)78(123)64(102-59(9)119)37-39-74(95)120)89(134)107-66(38-40-75(96)121)85(130)109-77(57(7)117)83(128)81(126)69(111-115-94)49-60-32-23-22-24-33-60/h15-17,20,22-26,32-35,52,54-57,64-73,77,101,110-117H,12-14,18-19,21,27-31,36-51,53H2,1-11H3,(H2,95,120)(H2,96,121)(H2,97,122)(H,102,119)(H,103,132)(H,104,129)(H,105,133)(H,106,131)(H,107,134)(H,108,135)(H,109,130)(H4,98,99,100)/b17-16-,20-15?/t57-,64+,65?,66+,67+,68+,69+,70?,71+,72+,73+,77+,92+,93-,94-/m1/s1. The first-order valence-corrected chi connectivity index (χ1v) is 46.6. The Bertz CT molecular complexity index is 4650. The smallest absolute Gasteiger partial charge is 0.243 e. The highest BCUT2D eigenvalue weighted by Gasteiger charge is 2.46. The average Bonchev–Trinajstić information content (AvgIpc) is 1.79. The van der Waals surface area contributed by atoms with Crippen LogP contribution >= 0.6 is 0 Å². The highest BCUT2D eigenvalue weighted by molar-refractivity contribution is 6.42. The molecule has 5 rings (SSSR count). The number of guanidine groups is 1. The molecule has 2 unspecified atom stereocenters. The Morgan fingerprint density at radius 3 is 1.64 bits per heavy atom. The highest BCUT2D eigenvalue weighted by atomic mass is 16.3. The zero-order valence-corrected chi connectivity index (χ0v) is 79.6. The number of aliphatic hydroxyl groups excluding tert-OH is 2. The van der Waals surface area contributed by atoms with E-state index in [1.54, 1.807) is 108 Å². The molecule has 0 aliphatic carbocycles. The number of nitrogens with two attached hydrogens (primary N) is 4. The Labute approximate surface area is 788 Å². The molecule has 15 atom stereocenters. The van der Waals surface area contributed by atoms with Gasteiger partial charge in [-0.1, -0.05) is 134 Å². The minimum atomic E-state index is -2.13. The van der Waals surface area contributed by atoms with Gasteiger partial charge in [-0.3, -0.25) is 91.7 Å². The number of hydrogen-bond donors (Lipinski definition) is 23. The summed E-state index contributed by atoms with van der Waals surface area (Å²) in [7, 11) is 0. The number of hydrazine groups is 3. The molecule has 2 aliphatic heterocycles. The SMILES string of the molecule is CC(=O)N[C@@H](CCC(N)=O)C(=O)C(=O)[C@H](CO)NN[C@]1(C)CCC/C=C\CCC[C@@]2(CCC=CCCCCCC[C@@](C)(C(C)=O)NN[C@@H](CC(C)C)C(=O)C(=O)[C@H](CC(C)C)NC(=O)C(CCCNC(=N)N)NC(=O)[C@H](Cc3c[nH]c4ccccc34)NC(=O)C(CC(C)C)NC(=O)[C@H](CC(N)=O)NC2=O)NN[C@@H](Cc2ccccc2)C(=O)C(=O)[C@H]([C@@H](C)O)NC(=O)[C@H](CCC(N)=O)NC1=O. The Hall–Kier alpha value is -11.7. The molecular formula is C94H145N21O20. The minimum Gasteiger partial charge on any atom is -0.394 e. The van der Waals surface area contributed by atoms with Gasteiger partial charge < -0.3 is 86.0 Å². The summed E-state index contributed by atoms with van der Waals surface area (Å²) in [5.74, 6) is -19.5. The van der Waals surface area contributed by atoms with E-state index < -0.39 is 239 Å². The number of primary amides is 3. The summed E-state index contributed by atoms with van der Waals surface area (Å²) < 4.78 is 0. The number of nitrogens with one attached hydrogen (secondary N) is 17. The van der Waals surface area contributed by atoms with Crippen molar-refractivity contribution in [3.05, 3.63) is 96.2 Å². The van der Waals surface area contributed by atoms with E-state index in [2.05, 4.69) is 85.4 Å². The highest BCUT2D eigenvalue weighted by Crippen LogP contribution is 2.27. The Morgan fingerprint density at radius 1 is 0.504 bits per heavy atom. The van der Waals surface area contributed by atoms with Gasteiger partial charge in [0.2, 0.25) is 99.7 Å². The van der Waals surface area contributed by atoms with E-state index in [1.807, 2.05) is 26.0 Å². The maximum atomic E-state index is 16.3. The zero-order chi connectivity index (χ0) is 100. The lowest BCUT2D eigenvalue weighted by Gasteiger charge is -2.37. The van der Waals surface area contributed by atoms with Gasteiger partial charge in [-0.2, -0.15) is 0 Å². The number of amides is 11. The van der Waals surface area contributed by atoms with Crippen molar-refractivity contribution in [1.29, 1.82) is 5.41 Å². The molecule has 11 amide bonds. The molecule has 2 aromatic carbocycles. The van der Waals surface area contributed by atoms with Crippen LogP contribution in [-0.2, 0) is 99.1 Å². The number of rotatable bonds is 32. The number of ketones is 7. The van der Waals surface area contributed by atoms with Crippen molar-refractivity contribution < 1.29 is 96.5 Å². The summed E-state index contributed by atoms with van der Waals surface area (Å²) in [5.41, 5.74) is 36.4. The van der Waals surface area contributed by atoms with Gasteiger partial charge >= 0.3 is 0 Å². The number of carbonyl (C=O) groups is 18. The van der Waals surface area contributed by atoms with Crippen molar-refractivity contribution in [3.63, 3.8) is 0 Å². The van der Waals surface area contributed by atoms with Gasteiger partial charge in [-0.05, 0) is 185 Å². The van der Waals surface area contributed by atoms with Gasteiger partial charge in [0, 0.05) is 49.8 Å². The van der Waals surface area contributed by atoms with Crippen LogP contribution < -0.4 is 103 Å². The van der Waals surface area contributed by atoms with Gasteiger partial charge in [0.1, 0.15) is 53.4 Å². The molecule has 0 bridgehead atoms. The van der Waals surface area contributed by atoms with Crippen molar-refractivity contribution in [2.75, 3.05) is 13.2 Å². The number of aromatic amines is 1. The van der Waals surface area contributed by atoms with Gasteiger partial charge in [0.15, 0.2) is 11.7 Å². The van der Waals surface area contributed by atoms with Crippen molar-refractivity contribution in [2.45, 2.75) is 332 Å². The molecular weight excluding hydrogens is 1740 g/mol. The molecule has 0 saturated heterocycles. The lowest BCUT2D eigenvalue weighted by molar-refractivity contribution is -0.143. The lowest BCUT2D eigenvalue weighted by atomic mass is 9.86. The number of para-hydroxylation sites is 1. The number of benzene rings is 2. The molecule has 1 spiro atoms. The Morgan fingerprint density at radius 2 is 1.02 bits per heavy atom. The summed E-state index contributed by atoms with van der Waals surface area (Å²) >= 11 is 0. The second-order valence-corrected chi connectivity index (χ2v) is 36.9. The van der Waals surface area contributed by atoms with E-state index in [0.29, 0.717) is 54.1 Å². The maximum Gasteiger partial charge on any atom is 0.243 e. The number of allylic oxidation sites excluding steroid dienone is 4. The first kappa shape index (κ1) is 114. The second kappa shape index (κ2) is 56.6. The fourth-order valence-corrected chi connectivity index (χ4v) is 15.8. The van der Waals surface area contributed by atoms with Crippen molar-refractivity contribution in [1.82, 2.24) is 85.4 Å². The fourth-order valence-electron chi connectivity index (χ4n) is 15.8. The van der Waals surface area contributed by atoms with Crippen LogP contribution in [0.2, 0.25) is 0 Å². The third-order valence-electron chi connectivity index (χ3n) is 23.8. The zero-order valence-electron chi connectivity index (χ0n) is 79.6. The van der Waals surface area contributed by atoms with Crippen LogP contribution in [0.25, 0.3) is 10.9 Å². The summed E-state index contributed by atoms with van der Waals surface area (Å²) in [4.78, 5) is 262. The summed E-state index contributed by atoms with van der Waals surface area (Å²) in [6.07, 6.45) is 6.57. The summed E-state index contributed by atoms with van der Waals surface area (Å²) in [6.45, 7) is 16.2. The normalized spacial score (nSPS) is 25.4. The molecule has 3 aromatic rings. The average molecular weight is 1890 g/mol. The van der Waals surface area contributed by atoms with E-state index in [0.717, 1.165) is 13.8 Å². The van der Waals surface area contributed by atoms with E-state index in [4.69, 9.17) is 28.3 Å². The van der Waals surface area contributed by atoms with E-state index in [1.165, 1.54) is 13.8 Å². The molecule has 3 heterocycles. The summed E-state index contributed by atoms with van der Waals surface area (Å²) in [5, 5.41) is 54.3. The number of hydrogen-bond acceptors (Lipinski definition) is 27. The van der Waals surface area contributed by atoms with Crippen molar-refractivity contribution >= 4 is 122 Å². The Kier molecular flexibility index (Phi) is 47.7. The van der Waals surface area contributed by atoms with Gasteiger partial charge in [0.05, 0.1) is 48.8 Å². The number of fused-ring (bicyclic) bond motifs is 1. The minimum absolute atomic E-state index is 0.0280. The largest absolute Gasteiger partial charge is 0.394 e. The molecule has 0 saturated carbocycles. The van der Waals surface area contributed by atoms with E-state index >= 15 is 33.6 Å². The predicted molar refractivity (Wildman–Crippen MR) is 504 cm³/mol. The third kappa shape index (κ3) is 38.2. The number of Topliss-reactive ketones (excluding diaryl/α,β-unsaturated/α-hetero) is 7. The second-order valence-electron chi connectivity index (χ2n) is 36.9. The molecule has 1 aromatic heterocycles. The predicted octanol–water partition coefficient (Wildman–Crippen LogP) is 0.282. The first-order chi connectivity index (χ1) is 63.7. The molecule has 41 heteroatoms. The fraction of sp³-hybridized carbons (Fsp3) is 0.606. The monoisotopic (exact) mass is 1890 g/mol. The van der Waals surface area contributed by atoms with Crippen LogP contribution in [0.5, 0.6) is 0 Å². The van der Waals surface area contributed by atoms with Gasteiger partial charge in [-0.25, -0.2) is 32.6 Å². The lowest BCUT2D eigenvalue weighted by Crippen LogP contribution is -2.67. The van der Waals surface area contributed by atoms with E-state index in [9.17, 15) is 63.0 Å². The molecule has 746 valence electrons. The number of aliphatic hydroxyl groups is 2. The maximum absolute atomic E-state index is 16.3. The van der Waals surface area contributed by atoms with Crippen LogP contribution in [0, 0.1) is 23.2 Å². The summed E-state index contributed by atoms with van der Waals surface area (Å²) in [6, 6.07) is -2.98. The van der Waals surface area contributed by atoms with Crippen molar-refractivity contribution in [2.24, 2.45) is 40.7 Å². The van der Waals surface area contributed by atoms with E-state index in [-0.39, 0.29) is 127 Å². The van der Waals surface area contributed by atoms with Crippen LogP contribution in [0.4, 0.5) is 0 Å². The van der Waals surface area contributed by atoms with Crippen LogP contribution in [-0.4, -0.2) is 229 Å². The van der Waals surface area contributed by atoms with Crippen molar-refractivity contribution in [3.8, 4) is 0 Å². The molecule has 135 heavy (non-hydrogen) atoms. The van der Waals surface area contributed by atoms with Crippen LogP contribution in [0.3, 0.4) is 0 Å². The Balaban J connectivity index is 1.74. The van der Waals surface area contributed by atoms with Gasteiger partial charge in [-0.15, -0.1) is 0 Å². The topological polar surface area (TPSA) is 672 Å². The number of aromatic nitrogens is 1. The molecule has 2 aliphatic rings. The van der Waals surface area contributed by atoms with Crippen LogP contribution in [0.1, 0.15) is 241 Å². The number of H-pyrrole nitrogens is 1. The van der Waals surface area contributed by atoms with Gasteiger partial charge in [0.25, 0.3) is 0 Å². The first-order valence-electron chi connectivity index (χ1n) is 46.6. The molecule has 0 radical (unpaired) electrons. The number of carbonyl (C=O) groups excluding carboxylic acids is 18. The molecule has 27 N–H and O–H groups in total. The molecule has 0 fully saturated rings. The quantitative estimate of drug-likeness (QED) is 0.00997. The third-order valence-corrected chi connectivity index (χ3v) is 23.8.